The summed E-state index contributed by atoms with van der Waals surface area (Å²) in [6.45, 7) is 1.76. The summed E-state index contributed by atoms with van der Waals surface area (Å²) >= 11 is 3.30. The molecule has 1 aromatic carbocycles. The third-order valence-electron chi connectivity index (χ3n) is 3.62. The summed E-state index contributed by atoms with van der Waals surface area (Å²) in [5.41, 5.74) is 0.671. The molecule has 1 rings (SSSR count). The predicted octanol–water partition coefficient (Wildman–Crippen LogP) is 4.40. The summed E-state index contributed by atoms with van der Waals surface area (Å²) in [5.74, 6) is -3.69. The molecule has 0 aliphatic heterocycles. The van der Waals surface area contributed by atoms with E-state index in [0.717, 1.165) is 4.47 Å². The molecule has 154 valence electrons. The number of carboxylic acids is 3. The minimum absolute atomic E-state index is 0.0617. The molecular weight excluding hydrogens is 432 g/mol. The van der Waals surface area contributed by atoms with Gasteiger partial charge in [-0.25, -0.2) is 0 Å². The SMILES string of the molecule is CC=CCC(CC(=O)O)C(=O)O.O=C(O)CCCCC(=O)c1cccc(Br)c1. The Balaban J connectivity index is 0.000000546. The maximum Gasteiger partial charge on any atom is 0.307 e. The van der Waals surface area contributed by atoms with Crippen molar-refractivity contribution in [2.24, 2.45) is 5.92 Å². The van der Waals surface area contributed by atoms with Crippen LogP contribution in [0.25, 0.3) is 0 Å². The number of rotatable bonds is 11. The number of ketones is 1. The normalized spacial score (nSPS) is 11.4. The van der Waals surface area contributed by atoms with Crippen LogP contribution >= 0.6 is 15.9 Å². The number of carbonyl (C=O) groups excluding carboxylic acids is 1. The van der Waals surface area contributed by atoms with E-state index in [2.05, 4.69) is 15.9 Å². The second kappa shape index (κ2) is 14.6. The second-order valence-electron chi connectivity index (χ2n) is 5.97. The van der Waals surface area contributed by atoms with Gasteiger partial charge in [-0.05, 0) is 38.3 Å². The first-order valence-electron chi connectivity index (χ1n) is 8.73. The fourth-order valence-corrected chi connectivity index (χ4v) is 2.55. The van der Waals surface area contributed by atoms with Crippen molar-refractivity contribution in [1.29, 1.82) is 0 Å². The van der Waals surface area contributed by atoms with E-state index in [9.17, 15) is 19.2 Å². The molecule has 0 heterocycles. The van der Waals surface area contributed by atoms with Crippen molar-refractivity contribution in [3.05, 3.63) is 46.5 Å². The average molecular weight is 457 g/mol. The zero-order valence-corrected chi connectivity index (χ0v) is 17.2. The first-order chi connectivity index (χ1) is 13.2. The third-order valence-corrected chi connectivity index (χ3v) is 4.11. The van der Waals surface area contributed by atoms with Gasteiger partial charge in [0.1, 0.15) is 0 Å². The third kappa shape index (κ3) is 12.8. The van der Waals surface area contributed by atoms with Crippen LogP contribution in [0.3, 0.4) is 0 Å². The Morgan fingerprint density at radius 2 is 1.68 bits per heavy atom. The lowest BCUT2D eigenvalue weighted by Gasteiger charge is -2.05. The van der Waals surface area contributed by atoms with Crippen LogP contribution in [0.5, 0.6) is 0 Å². The molecule has 7 nitrogen and oxygen atoms in total. The second-order valence-corrected chi connectivity index (χ2v) is 6.89. The van der Waals surface area contributed by atoms with Crippen LogP contribution in [-0.2, 0) is 14.4 Å². The summed E-state index contributed by atoms with van der Waals surface area (Å²) < 4.78 is 0.879. The molecule has 1 atom stereocenters. The molecule has 8 heteroatoms. The number of allylic oxidation sites excluding steroid dienone is 2. The van der Waals surface area contributed by atoms with E-state index in [-0.39, 0.29) is 25.0 Å². The van der Waals surface area contributed by atoms with Crippen LogP contribution in [0, 0.1) is 5.92 Å². The Morgan fingerprint density at radius 1 is 1.04 bits per heavy atom. The molecule has 0 saturated heterocycles. The fraction of sp³-hybridized carbons (Fsp3) is 0.400. The van der Waals surface area contributed by atoms with Crippen LogP contribution in [0.4, 0.5) is 0 Å². The monoisotopic (exact) mass is 456 g/mol. The molecule has 0 aromatic heterocycles. The quantitative estimate of drug-likeness (QED) is 0.255. The van der Waals surface area contributed by atoms with E-state index in [4.69, 9.17) is 15.3 Å². The van der Waals surface area contributed by atoms with Crippen LogP contribution < -0.4 is 0 Å². The highest BCUT2D eigenvalue weighted by Gasteiger charge is 2.18. The molecule has 0 bridgehead atoms. The van der Waals surface area contributed by atoms with E-state index in [1.54, 1.807) is 31.2 Å². The zero-order chi connectivity index (χ0) is 21.5. The lowest BCUT2D eigenvalue weighted by atomic mass is 10.0. The highest BCUT2D eigenvalue weighted by atomic mass is 79.9. The van der Waals surface area contributed by atoms with E-state index >= 15 is 0 Å². The van der Waals surface area contributed by atoms with Gasteiger partial charge in [0, 0.05) is 22.9 Å². The van der Waals surface area contributed by atoms with E-state index in [1.807, 2.05) is 12.1 Å². The molecule has 0 amide bonds. The van der Waals surface area contributed by atoms with Gasteiger partial charge in [0.2, 0.25) is 0 Å². The van der Waals surface area contributed by atoms with Crippen LogP contribution in [0.15, 0.2) is 40.9 Å². The maximum atomic E-state index is 11.7. The number of halogens is 1. The topological polar surface area (TPSA) is 129 Å². The van der Waals surface area contributed by atoms with Crippen molar-refractivity contribution in [2.45, 2.75) is 45.4 Å². The van der Waals surface area contributed by atoms with Gasteiger partial charge < -0.3 is 15.3 Å². The van der Waals surface area contributed by atoms with Gasteiger partial charge in [-0.1, -0.05) is 40.2 Å². The first-order valence-corrected chi connectivity index (χ1v) is 9.53. The molecule has 3 N–H and O–H groups in total. The summed E-state index contributed by atoms with van der Waals surface area (Å²) in [5, 5.41) is 25.3. The van der Waals surface area contributed by atoms with Crippen molar-refractivity contribution >= 4 is 39.6 Å². The number of hydrogen-bond acceptors (Lipinski definition) is 4. The molecule has 1 unspecified atom stereocenters. The summed E-state index contributed by atoms with van der Waals surface area (Å²) in [6.07, 6.45) is 5.03. The van der Waals surface area contributed by atoms with E-state index in [1.165, 1.54) is 0 Å². The molecule has 0 aliphatic carbocycles. The molecular formula is C20H25BrO7. The van der Waals surface area contributed by atoms with E-state index < -0.39 is 23.8 Å². The number of carbonyl (C=O) groups is 4. The van der Waals surface area contributed by atoms with Crippen LogP contribution in [-0.4, -0.2) is 39.0 Å². The van der Waals surface area contributed by atoms with Gasteiger partial charge in [0.25, 0.3) is 0 Å². The molecule has 0 spiro atoms. The van der Waals surface area contributed by atoms with Crippen LogP contribution in [0.1, 0.15) is 55.8 Å². The Hall–Kier alpha value is -2.48. The highest BCUT2D eigenvalue weighted by molar-refractivity contribution is 9.10. The molecule has 28 heavy (non-hydrogen) atoms. The fourth-order valence-electron chi connectivity index (χ4n) is 2.15. The van der Waals surface area contributed by atoms with E-state index in [0.29, 0.717) is 24.8 Å². The van der Waals surface area contributed by atoms with Crippen molar-refractivity contribution < 1.29 is 34.5 Å². The summed E-state index contributed by atoms with van der Waals surface area (Å²) in [7, 11) is 0. The Morgan fingerprint density at radius 3 is 2.18 bits per heavy atom. The van der Waals surface area contributed by atoms with Gasteiger partial charge >= 0.3 is 17.9 Å². The summed E-state index contributed by atoms with van der Waals surface area (Å²) in [4.78, 5) is 42.6. The average Bonchev–Trinajstić information content (AvgIpc) is 2.62. The Kier molecular flexibility index (Phi) is 13.3. The van der Waals surface area contributed by atoms with Crippen molar-refractivity contribution in [2.75, 3.05) is 0 Å². The number of aliphatic carboxylic acids is 3. The van der Waals surface area contributed by atoms with Gasteiger partial charge in [-0.15, -0.1) is 0 Å². The first kappa shape index (κ1) is 25.5. The molecule has 0 saturated carbocycles. The highest BCUT2D eigenvalue weighted by Crippen LogP contribution is 2.14. The Bertz CT molecular complexity index is 698. The van der Waals surface area contributed by atoms with Gasteiger partial charge in [-0.3, -0.25) is 19.2 Å². The lowest BCUT2D eigenvalue weighted by molar-refractivity contribution is -0.148. The number of unbranched alkanes of at least 4 members (excludes halogenated alkanes) is 1. The predicted molar refractivity (Wildman–Crippen MR) is 107 cm³/mol. The Labute approximate surface area is 172 Å². The van der Waals surface area contributed by atoms with Gasteiger partial charge in [0.15, 0.2) is 5.78 Å². The molecule has 1 aromatic rings. The number of benzene rings is 1. The van der Waals surface area contributed by atoms with Gasteiger partial charge in [0.05, 0.1) is 12.3 Å². The minimum Gasteiger partial charge on any atom is -0.481 e. The molecule has 0 aliphatic rings. The largest absolute Gasteiger partial charge is 0.481 e. The smallest absolute Gasteiger partial charge is 0.307 e. The van der Waals surface area contributed by atoms with Gasteiger partial charge in [-0.2, -0.15) is 0 Å². The molecule has 0 fully saturated rings. The maximum absolute atomic E-state index is 11.7. The molecule has 0 radical (unpaired) electrons. The van der Waals surface area contributed by atoms with Crippen LogP contribution in [0.2, 0.25) is 0 Å². The van der Waals surface area contributed by atoms with Crippen molar-refractivity contribution in [1.82, 2.24) is 0 Å². The zero-order valence-electron chi connectivity index (χ0n) is 15.6. The number of Topliss-reactive ketones (excluding diaryl/α,β-unsaturated/α-hetero) is 1. The van der Waals surface area contributed by atoms with Crippen molar-refractivity contribution in [3.63, 3.8) is 0 Å². The number of hydrogen-bond donors (Lipinski definition) is 3. The van der Waals surface area contributed by atoms with Crippen molar-refractivity contribution in [3.8, 4) is 0 Å². The standard InChI is InChI=1S/C12H13BrO3.C8H12O4/c13-10-5-3-4-9(8-10)11(14)6-1-2-7-12(15)16;1-2-3-4-6(8(11)12)5-7(9)10/h3-5,8H,1-2,6-7H2,(H,15,16);2-3,6H,4-5H2,1H3,(H,9,10)(H,11,12). The minimum atomic E-state index is -1.08. The summed E-state index contributed by atoms with van der Waals surface area (Å²) in [6, 6.07) is 7.22. The lowest BCUT2D eigenvalue weighted by Crippen LogP contribution is -2.16. The number of carboxylic acid groups (broad SMARTS) is 3.